The van der Waals surface area contributed by atoms with E-state index in [0.29, 0.717) is 16.5 Å². The van der Waals surface area contributed by atoms with Crippen LogP contribution in [0.3, 0.4) is 0 Å². The van der Waals surface area contributed by atoms with E-state index in [1.807, 2.05) is 39.0 Å². The number of anilines is 1. The van der Waals surface area contributed by atoms with E-state index < -0.39 is 0 Å². The van der Waals surface area contributed by atoms with Gasteiger partial charge < -0.3 is 14.8 Å². The first-order valence-corrected chi connectivity index (χ1v) is 8.36. The lowest BCUT2D eigenvalue weighted by Crippen LogP contribution is -2.08. The molecule has 0 aliphatic rings. The molecular weight excluding hydrogens is 338 g/mol. The highest BCUT2D eigenvalue weighted by Crippen LogP contribution is 2.29. The Hall–Kier alpha value is -2.46. The molecule has 0 heterocycles. The zero-order valence-corrected chi connectivity index (χ0v) is 15.6. The number of benzene rings is 2. The monoisotopic (exact) mass is 359 g/mol. The molecule has 0 saturated carbocycles. The number of hydrogen-bond acceptors (Lipinski definition) is 3. The molecule has 1 amide bonds. The van der Waals surface area contributed by atoms with Gasteiger partial charge in [0.05, 0.1) is 13.2 Å². The molecule has 25 heavy (non-hydrogen) atoms. The lowest BCUT2D eigenvalue weighted by molar-refractivity contribution is -0.111. The Kier molecular flexibility index (Phi) is 6.48. The second-order valence-electron chi connectivity index (χ2n) is 5.86. The van der Waals surface area contributed by atoms with Crippen LogP contribution in [0.2, 0.25) is 5.02 Å². The predicted molar refractivity (Wildman–Crippen MR) is 103 cm³/mol. The van der Waals surface area contributed by atoms with Crippen molar-refractivity contribution in [1.82, 2.24) is 0 Å². The van der Waals surface area contributed by atoms with E-state index in [1.54, 1.807) is 31.4 Å². The summed E-state index contributed by atoms with van der Waals surface area (Å²) in [6.07, 6.45) is 3.26. The van der Waals surface area contributed by atoms with Gasteiger partial charge in [-0.3, -0.25) is 4.79 Å². The molecule has 132 valence electrons. The van der Waals surface area contributed by atoms with E-state index in [4.69, 9.17) is 21.1 Å². The van der Waals surface area contributed by atoms with Gasteiger partial charge in [-0.2, -0.15) is 0 Å². The van der Waals surface area contributed by atoms with Gasteiger partial charge in [-0.05, 0) is 68.3 Å². The number of nitrogens with one attached hydrogen (secondary N) is 1. The first-order valence-electron chi connectivity index (χ1n) is 7.99. The van der Waals surface area contributed by atoms with Crippen molar-refractivity contribution in [3.63, 3.8) is 0 Å². The van der Waals surface area contributed by atoms with Gasteiger partial charge >= 0.3 is 0 Å². The summed E-state index contributed by atoms with van der Waals surface area (Å²) in [5.41, 5.74) is 2.49. The van der Waals surface area contributed by atoms with Crippen LogP contribution >= 0.6 is 11.6 Å². The van der Waals surface area contributed by atoms with E-state index >= 15 is 0 Å². The fourth-order valence-corrected chi connectivity index (χ4v) is 2.48. The molecule has 0 atom stereocenters. The van der Waals surface area contributed by atoms with Gasteiger partial charge in [0.25, 0.3) is 0 Å². The molecule has 2 rings (SSSR count). The number of amides is 1. The maximum atomic E-state index is 12.1. The number of halogens is 1. The minimum atomic E-state index is -0.216. The lowest BCUT2D eigenvalue weighted by atomic mass is 10.1. The van der Waals surface area contributed by atoms with Gasteiger partial charge in [-0.15, -0.1) is 0 Å². The molecule has 0 unspecified atom stereocenters. The molecule has 0 spiro atoms. The summed E-state index contributed by atoms with van der Waals surface area (Å²) >= 11 is 5.92. The van der Waals surface area contributed by atoms with Gasteiger partial charge in [0.2, 0.25) is 5.91 Å². The largest absolute Gasteiger partial charge is 0.493 e. The molecule has 0 saturated heterocycles. The second kappa shape index (κ2) is 8.58. The molecule has 0 fully saturated rings. The molecule has 0 aliphatic carbocycles. The minimum absolute atomic E-state index is 0.0590. The Morgan fingerprint density at radius 3 is 2.56 bits per heavy atom. The number of aryl methyl sites for hydroxylation is 1. The van der Waals surface area contributed by atoms with Crippen molar-refractivity contribution in [2.24, 2.45) is 0 Å². The fourth-order valence-electron chi connectivity index (χ4n) is 2.25. The molecule has 0 radical (unpaired) electrons. The summed E-state index contributed by atoms with van der Waals surface area (Å²) in [7, 11) is 1.59. The Morgan fingerprint density at radius 1 is 1.16 bits per heavy atom. The van der Waals surface area contributed by atoms with Gasteiger partial charge in [-0.1, -0.05) is 17.7 Å². The van der Waals surface area contributed by atoms with Gasteiger partial charge in [0, 0.05) is 16.8 Å². The summed E-state index contributed by atoms with van der Waals surface area (Å²) in [6.45, 7) is 5.80. The highest BCUT2D eigenvalue weighted by molar-refractivity contribution is 6.30. The van der Waals surface area contributed by atoms with E-state index in [1.165, 1.54) is 6.08 Å². The van der Waals surface area contributed by atoms with Crippen LogP contribution in [0.15, 0.2) is 42.5 Å². The Morgan fingerprint density at radius 2 is 1.92 bits per heavy atom. The van der Waals surface area contributed by atoms with Crippen LogP contribution in [0.25, 0.3) is 6.08 Å². The van der Waals surface area contributed by atoms with Gasteiger partial charge in [-0.25, -0.2) is 0 Å². The van der Waals surface area contributed by atoms with Crippen molar-refractivity contribution < 1.29 is 14.3 Å². The summed E-state index contributed by atoms with van der Waals surface area (Å²) in [5.74, 6) is 1.09. The van der Waals surface area contributed by atoms with Crippen LogP contribution in [0.4, 0.5) is 5.69 Å². The molecule has 1 N–H and O–H groups in total. The highest BCUT2D eigenvalue weighted by Gasteiger charge is 2.07. The van der Waals surface area contributed by atoms with Crippen LogP contribution in [-0.2, 0) is 4.79 Å². The SMILES string of the molecule is COc1cc(C=CC(=O)Nc2ccc(Cl)cc2C)ccc1OC(C)C. The fraction of sp³-hybridized carbons (Fsp3) is 0.250. The van der Waals surface area contributed by atoms with Crippen LogP contribution in [0.1, 0.15) is 25.0 Å². The van der Waals surface area contributed by atoms with Crippen molar-refractivity contribution in [3.05, 3.63) is 58.6 Å². The van der Waals surface area contributed by atoms with Gasteiger partial charge in [0.1, 0.15) is 0 Å². The summed E-state index contributed by atoms with van der Waals surface area (Å²) in [6, 6.07) is 10.9. The van der Waals surface area contributed by atoms with E-state index in [2.05, 4.69) is 5.32 Å². The maximum Gasteiger partial charge on any atom is 0.248 e. The van der Waals surface area contributed by atoms with Crippen molar-refractivity contribution >= 4 is 29.3 Å². The minimum Gasteiger partial charge on any atom is -0.493 e. The summed E-state index contributed by atoms with van der Waals surface area (Å²) in [4.78, 5) is 12.1. The first-order chi connectivity index (χ1) is 11.9. The molecule has 0 aromatic heterocycles. The number of carbonyl (C=O) groups excluding carboxylic acids is 1. The maximum absolute atomic E-state index is 12.1. The Balaban J connectivity index is 2.08. The zero-order chi connectivity index (χ0) is 18.4. The number of hydrogen-bond donors (Lipinski definition) is 1. The van der Waals surface area contributed by atoms with Crippen molar-refractivity contribution in [3.8, 4) is 11.5 Å². The topological polar surface area (TPSA) is 47.6 Å². The van der Waals surface area contributed by atoms with Crippen LogP contribution < -0.4 is 14.8 Å². The van der Waals surface area contributed by atoms with E-state index in [0.717, 1.165) is 16.8 Å². The molecular formula is C20H22ClNO3. The van der Waals surface area contributed by atoms with Crippen molar-refractivity contribution in [1.29, 1.82) is 0 Å². The third-order valence-electron chi connectivity index (χ3n) is 3.42. The van der Waals surface area contributed by atoms with E-state index in [9.17, 15) is 4.79 Å². The van der Waals surface area contributed by atoms with Crippen LogP contribution in [0.5, 0.6) is 11.5 Å². The molecule has 0 bridgehead atoms. The number of methoxy groups -OCH3 is 1. The van der Waals surface area contributed by atoms with Crippen molar-refractivity contribution in [2.45, 2.75) is 26.9 Å². The smallest absolute Gasteiger partial charge is 0.248 e. The van der Waals surface area contributed by atoms with Gasteiger partial charge in [0.15, 0.2) is 11.5 Å². The predicted octanol–water partition coefficient (Wildman–Crippen LogP) is 5.10. The second-order valence-corrected chi connectivity index (χ2v) is 6.30. The molecule has 5 heteroatoms. The Labute approximate surface area is 153 Å². The average Bonchev–Trinajstić information content (AvgIpc) is 2.56. The third kappa shape index (κ3) is 5.54. The quantitative estimate of drug-likeness (QED) is 0.730. The highest BCUT2D eigenvalue weighted by atomic mass is 35.5. The number of carbonyl (C=O) groups is 1. The first kappa shape index (κ1) is 18.9. The zero-order valence-electron chi connectivity index (χ0n) is 14.8. The molecule has 4 nitrogen and oxygen atoms in total. The normalized spacial score (nSPS) is 11.0. The van der Waals surface area contributed by atoms with Crippen molar-refractivity contribution in [2.75, 3.05) is 12.4 Å². The molecule has 2 aromatic carbocycles. The number of ether oxygens (including phenoxy) is 2. The summed E-state index contributed by atoms with van der Waals surface area (Å²) < 4.78 is 11.0. The lowest BCUT2D eigenvalue weighted by Gasteiger charge is -2.13. The standard InChI is InChI=1S/C20H22ClNO3/c1-13(2)25-18-9-5-15(12-19(18)24-4)6-10-20(23)22-17-8-7-16(21)11-14(17)3/h5-13H,1-4H3,(H,22,23). The Bertz CT molecular complexity index is 785. The van der Waals surface area contributed by atoms with E-state index in [-0.39, 0.29) is 12.0 Å². The number of rotatable bonds is 6. The molecule has 2 aromatic rings. The van der Waals surface area contributed by atoms with Crippen LogP contribution in [-0.4, -0.2) is 19.1 Å². The van der Waals surface area contributed by atoms with Crippen LogP contribution in [0, 0.1) is 6.92 Å². The summed E-state index contributed by atoms with van der Waals surface area (Å²) in [5, 5.41) is 3.47. The third-order valence-corrected chi connectivity index (χ3v) is 3.66. The average molecular weight is 360 g/mol. The molecule has 0 aliphatic heterocycles.